The fraction of sp³-hybridized carbons (Fsp3) is 1.00. The molecule has 2 fully saturated rings. The molecule has 0 spiro atoms. The van der Waals surface area contributed by atoms with Gasteiger partial charge in [-0.1, -0.05) is 78.1 Å². The standard InChI is InChI=1S/C30H58O13/c1-3-19(2)13-11-9-7-5-4-6-8-10-12-14-39-17-20(33)18-40-29-27(38)28(24(35)22(16-32)41-29)43-30-26(37)25(36)23(34)21(15-31)42-30/h19-38H,3-18H2,1-2H3/t19?,20?,21-,22-,23-,24-,25+,26-,27+,28+,29+,30?/m1/s1. The van der Waals surface area contributed by atoms with Crippen LogP contribution in [0.3, 0.4) is 0 Å². The molecule has 13 heteroatoms. The molecule has 2 rings (SSSR count). The first kappa shape index (κ1) is 38.7. The highest BCUT2D eigenvalue weighted by Crippen LogP contribution is 2.29. The zero-order chi connectivity index (χ0) is 31.8. The predicted molar refractivity (Wildman–Crippen MR) is 155 cm³/mol. The Morgan fingerprint density at radius 1 is 0.651 bits per heavy atom. The minimum Gasteiger partial charge on any atom is -0.394 e. The number of aliphatic hydroxyl groups excluding tert-OH is 8. The molecule has 2 heterocycles. The molecule has 0 bridgehead atoms. The van der Waals surface area contributed by atoms with Crippen molar-refractivity contribution in [3.8, 4) is 0 Å². The predicted octanol–water partition coefficient (Wildman–Crippen LogP) is -0.0483. The molecule has 2 saturated heterocycles. The monoisotopic (exact) mass is 626 g/mol. The van der Waals surface area contributed by atoms with E-state index in [-0.39, 0.29) is 13.2 Å². The highest BCUT2D eigenvalue weighted by atomic mass is 16.7. The zero-order valence-corrected chi connectivity index (χ0v) is 25.9. The Balaban J connectivity index is 1.64. The van der Waals surface area contributed by atoms with Crippen molar-refractivity contribution in [1.29, 1.82) is 0 Å². The van der Waals surface area contributed by atoms with Crippen molar-refractivity contribution in [1.82, 2.24) is 0 Å². The Bertz CT molecular complexity index is 701. The van der Waals surface area contributed by atoms with E-state index in [4.69, 9.17) is 23.7 Å². The van der Waals surface area contributed by atoms with Crippen LogP contribution in [0.5, 0.6) is 0 Å². The van der Waals surface area contributed by atoms with Crippen LogP contribution in [-0.4, -0.2) is 141 Å². The minimum atomic E-state index is -1.76. The lowest BCUT2D eigenvalue weighted by molar-refractivity contribution is -0.361. The average molecular weight is 627 g/mol. The van der Waals surface area contributed by atoms with Crippen LogP contribution in [0.2, 0.25) is 0 Å². The first-order valence-electron chi connectivity index (χ1n) is 16.1. The first-order chi connectivity index (χ1) is 20.6. The van der Waals surface area contributed by atoms with Crippen LogP contribution < -0.4 is 0 Å². The summed E-state index contributed by atoms with van der Waals surface area (Å²) in [4.78, 5) is 0. The maximum absolute atomic E-state index is 10.8. The van der Waals surface area contributed by atoms with Gasteiger partial charge < -0.3 is 64.5 Å². The van der Waals surface area contributed by atoms with Gasteiger partial charge in [0.1, 0.15) is 54.9 Å². The quantitative estimate of drug-likeness (QED) is 0.0743. The van der Waals surface area contributed by atoms with Gasteiger partial charge in [-0.05, 0) is 12.3 Å². The number of unbranched alkanes of at least 4 members (excludes halogenated alkanes) is 8. The van der Waals surface area contributed by atoms with Crippen LogP contribution in [0.15, 0.2) is 0 Å². The highest BCUT2D eigenvalue weighted by molar-refractivity contribution is 4.94. The van der Waals surface area contributed by atoms with Crippen LogP contribution in [0, 0.1) is 5.92 Å². The Hall–Kier alpha value is -0.520. The average Bonchev–Trinajstić information content (AvgIpc) is 3.00. The number of hydrogen-bond acceptors (Lipinski definition) is 13. The van der Waals surface area contributed by atoms with Crippen molar-refractivity contribution in [2.24, 2.45) is 5.92 Å². The second-order valence-electron chi connectivity index (χ2n) is 12.1. The molecule has 2 aliphatic rings. The summed E-state index contributed by atoms with van der Waals surface area (Å²) in [5, 5.41) is 80.9. The van der Waals surface area contributed by atoms with Gasteiger partial charge in [0.05, 0.1) is 26.4 Å². The van der Waals surface area contributed by atoms with Gasteiger partial charge in [0, 0.05) is 6.61 Å². The maximum atomic E-state index is 10.8. The lowest BCUT2D eigenvalue weighted by Gasteiger charge is -2.46. The molecule has 0 aromatic rings. The Morgan fingerprint density at radius 2 is 1.21 bits per heavy atom. The molecular formula is C30H58O13. The smallest absolute Gasteiger partial charge is 0.187 e. The van der Waals surface area contributed by atoms with Crippen LogP contribution in [0.1, 0.15) is 84.5 Å². The maximum Gasteiger partial charge on any atom is 0.187 e. The molecule has 0 radical (unpaired) electrons. The van der Waals surface area contributed by atoms with Crippen molar-refractivity contribution in [3.05, 3.63) is 0 Å². The third-order valence-corrected chi connectivity index (χ3v) is 8.41. The molecule has 0 aliphatic carbocycles. The van der Waals surface area contributed by atoms with E-state index in [0.717, 1.165) is 25.2 Å². The van der Waals surface area contributed by atoms with Crippen molar-refractivity contribution in [2.45, 2.75) is 152 Å². The first-order valence-corrected chi connectivity index (χ1v) is 16.1. The molecule has 0 aromatic heterocycles. The van der Waals surface area contributed by atoms with Gasteiger partial charge >= 0.3 is 0 Å². The summed E-state index contributed by atoms with van der Waals surface area (Å²) >= 11 is 0. The lowest BCUT2D eigenvalue weighted by atomic mass is 9.97. The van der Waals surface area contributed by atoms with Crippen LogP contribution in [0.4, 0.5) is 0 Å². The van der Waals surface area contributed by atoms with Gasteiger partial charge in [0.25, 0.3) is 0 Å². The molecule has 0 amide bonds. The fourth-order valence-electron chi connectivity index (χ4n) is 5.30. The van der Waals surface area contributed by atoms with Gasteiger partial charge in [-0.2, -0.15) is 0 Å². The largest absolute Gasteiger partial charge is 0.394 e. The van der Waals surface area contributed by atoms with Crippen molar-refractivity contribution >= 4 is 0 Å². The molecule has 8 N–H and O–H groups in total. The number of rotatable bonds is 22. The van der Waals surface area contributed by atoms with Crippen LogP contribution in [0.25, 0.3) is 0 Å². The second-order valence-corrected chi connectivity index (χ2v) is 12.1. The topological polar surface area (TPSA) is 208 Å². The van der Waals surface area contributed by atoms with Crippen molar-refractivity contribution in [2.75, 3.05) is 33.0 Å². The van der Waals surface area contributed by atoms with Crippen LogP contribution in [-0.2, 0) is 23.7 Å². The minimum absolute atomic E-state index is 0.0102. The highest BCUT2D eigenvalue weighted by Gasteiger charge is 2.50. The van der Waals surface area contributed by atoms with Gasteiger partial charge in [0.2, 0.25) is 0 Å². The van der Waals surface area contributed by atoms with E-state index in [1.54, 1.807) is 0 Å². The van der Waals surface area contributed by atoms with E-state index in [2.05, 4.69) is 13.8 Å². The summed E-state index contributed by atoms with van der Waals surface area (Å²) in [5.41, 5.74) is 0. The van der Waals surface area contributed by atoms with E-state index in [1.807, 2.05) is 0 Å². The Labute approximate surface area is 255 Å². The molecule has 13 nitrogen and oxygen atoms in total. The van der Waals surface area contributed by atoms with Gasteiger partial charge in [-0.25, -0.2) is 0 Å². The van der Waals surface area contributed by atoms with Crippen LogP contribution >= 0.6 is 0 Å². The SMILES string of the molecule is CCC(C)CCCCCCCCCCCOCC(O)CO[C@H]1O[C@H](CO)[C@@H](O)[C@H](OC2O[C@H](CO)[C@@H](O)[C@H](O)[C@H]2O)[C@@H]1O. The van der Waals surface area contributed by atoms with Crippen molar-refractivity contribution < 1.29 is 64.5 Å². The fourth-order valence-corrected chi connectivity index (χ4v) is 5.30. The molecular weight excluding hydrogens is 568 g/mol. The molecule has 256 valence electrons. The summed E-state index contributed by atoms with van der Waals surface area (Å²) in [6.45, 7) is 3.46. The Morgan fingerprint density at radius 3 is 1.81 bits per heavy atom. The molecule has 0 saturated carbocycles. The third kappa shape index (κ3) is 13.0. The summed E-state index contributed by atoms with van der Waals surface area (Å²) in [5.74, 6) is 0.841. The van der Waals surface area contributed by atoms with E-state index in [0.29, 0.717) is 6.61 Å². The zero-order valence-electron chi connectivity index (χ0n) is 25.9. The molecule has 43 heavy (non-hydrogen) atoms. The molecule has 12 atom stereocenters. The van der Waals surface area contributed by atoms with E-state index in [1.165, 1.54) is 51.4 Å². The van der Waals surface area contributed by atoms with Gasteiger partial charge in [-0.15, -0.1) is 0 Å². The summed E-state index contributed by atoms with van der Waals surface area (Å²) in [6.07, 6.45) is -2.97. The lowest BCUT2D eigenvalue weighted by Crippen LogP contribution is -2.65. The van der Waals surface area contributed by atoms with E-state index < -0.39 is 80.7 Å². The number of aliphatic hydroxyl groups is 8. The molecule has 3 unspecified atom stereocenters. The number of ether oxygens (including phenoxy) is 5. The van der Waals surface area contributed by atoms with Crippen molar-refractivity contribution in [3.63, 3.8) is 0 Å². The second kappa shape index (κ2) is 21.3. The summed E-state index contributed by atoms with van der Waals surface area (Å²) in [6, 6.07) is 0. The summed E-state index contributed by atoms with van der Waals surface area (Å²) in [7, 11) is 0. The molecule has 2 aliphatic heterocycles. The van der Waals surface area contributed by atoms with E-state index >= 15 is 0 Å². The summed E-state index contributed by atoms with van der Waals surface area (Å²) < 4.78 is 27.3. The number of hydrogen-bond donors (Lipinski definition) is 8. The normalized spacial score (nSPS) is 34.7. The third-order valence-electron chi connectivity index (χ3n) is 8.41. The Kier molecular flexibility index (Phi) is 19.2. The van der Waals surface area contributed by atoms with E-state index in [9.17, 15) is 40.9 Å². The molecule has 0 aromatic carbocycles. The van der Waals surface area contributed by atoms with Gasteiger partial charge in [0.15, 0.2) is 12.6 Å². The van der Waals surface area contributed by atoms with Gasteiger partial charge in [-0.3, -0.25) is 0 Å².